The molecule has 0 saturated carbocycles. The molecule has 0 aliphatic heterocycles. The molecule has 1 aromatic heterocycles. The van der Waals surface area contributed by atoms with Crippen molar-refractivity contribution in [2.75, 3.05) is 10.0 Å². The number of sulfonamides is 1. The van der Waals surface area contributed by atoms with Crippen LogP contribution in [-0.4, -0.2) is 35.4 Å². The van der Waals surface area contributed by atoms with Gasteiger partial charge in [0.2, 0.25) is 11.9 Å². The van der Waals surface area contributed by atoms with Gasteiger partial charge in [-0.3, -0.25) is 9.59 Å². The zero-order chi connectivity index (χ0) is 24.0. The van der Waals surface area contributed by atoms with Crippen LogP contribution in [0.4, 0.5) is 11.6 Å². The molecule has 3 N–H and O–H groups in total. The Bertz CT molecular complexity index is 1230. The first-order chi connectivity index (χ1) is 15.6. The van der Waals surface area contributed by atoms with Crippen LogP contribution in [0.1, 0.15) is 35.7 Å². The van der Waals surface area contributed by atoms with Gasteiger partial charge in [0.05, 0.1) is 11.3 Å². The summed E-state index contributed by atoms with van der Waals surface area (Å²) in [5.41, 5.74) is 2.42. The lowest BCUT2D eigenvalue weighted by molar-refractivity contribution is -0.137. The molecule has 0 bridgehead atoms. The van der Waals surface area contributed by atoms with Crippen molar-refractivity contribution in [1.29, 1.82) is 0 Å². The third kappa shape index (κ3) is 6.84. The van der Waals surface area contributed by atoms with Crippen molar-refractivity contribution in [2.24, 2.45) is 0 Å². The first-order valence-corrected chi connectivity index (χ1v) is 11.6. The molecule has 1 heterocycles. The van der Waals surface area contributed by atoms with Gasteiger partial charge in [-0.25, -0.2) is 23.1 Å². The highest BCUT2D eigenvalue weighted by Crippen LogP contribution is 2.24. The molecule has 0 spiro atoms. The van der Waals surface area contributed by atoms with Gasteiger partial charge in [-0.15, -0.1) is 0 Å². The average molecular weight is 469 g/mol. The fraction of sp³-hybridized carbons (Fsp3) is 0.217. The highest BCUT2D eigenvalue weighted by Gasteiger charge is 2.20. The van der Waals surface area contributed by atoms with Crippen LogP contribution in [0.25, 0.3) is 0 Å². The maximum atomic E-state index is 12.6. The summed E-state index contributed by atoms with van der Waals surface area (Å²) >= 11 is 0. The lowest BCUT2D eigenvalue weighted by Gasteiger charge is -2.15. The summed E-state index contributed by atoms with van der Waals surface area (Å²) in [7, 11) is -3.91. The summed E-state index contributed by atoms with van der Waals surface area (Å²) < 4.78 is 27.6. The number of aromatic nitrogens is 2. The number of hydrogen-bond donors (Lipinski definition) is 3. The number of carbonyl (C=O) groups is 2. The second kappa shape index (κ2) is 10.2. The van der Waals surface area contributed by atoms with E-state index in [1.807, 2.05) is 6.07 Å². The molecule has 33 heavy (non-hydrogen) atoms. The van der Waals surface area contributed by atoms with Crippen molar-refractivity contribution in [3.63, 3.8) is 0 Å². The van der Waals surface area contributed by atoms with Gasteiger partial charge in [-0.05, 0) is 49.7 Å². The van der Waals surface area contributed by atoms with Crippen molar-refractivity contribution < 1.29 is 23.1 Å². The first kappa shape index (κ1) is 23.9. The lowest BCUT2D eigenvalue weighted by Crippen LogP contribution is -2.18. The Balaban J connectivity index is 1.67. The minimum absolute atomic E-state index is 0.0173. The number of nitrogens with one attached hydrogen (secondary N) is 2. The van der Waals surface area contributed by atoms with E-state index in [0.29, 0.717) is 17.1 Å². The van der Waals surface area contributed by atoms with E-state index in [1.54, 1.807) is 44.2 Å². The summed E-state index contributed by atoms with van der Waals surface area (Å²) in [5, 5.41) is 11.9. The molecule has 1 amide bonds. The van der Waals surface area contributed by atoms with E-state index < -0.39 is 21.9 Å². The number of amides is 1. The van der Waals surface area contributed by atoms with Crippen molar-refractivity contribution in [2.45, 2.75) is 37.5 Å². The molecule has 0 fully saturated rings. The SMILES string of the molecule is Cc1cc(C)nc(NS(=O)(=O)c2ccc(NC(=O)C[C@H](CC(=O)O)c3ccccc3)cc2)n1. The predicted molar refractivity (Wildman–Crippen MR) is 123 cm³/mol. The normalized spacial score (nSPS) is 12.1. The quantitative estimate of drug-likeness (QED) is 0.437. The zero-order valence-corrected chi connectivity index (χ0v) is 19.0. The van der Waals surface area contributed by atoms with Gasteiger partial charge in [0.1, 0.15) is 0 Å². The Labute approximate surface area is 192 Å². The van der Waals surface area contributed by atoms with Crippen molar-refractivity contribution in [3.8, 4) is 0 Å². The molecule has 0 aliphatic carbocycles. The number of carboxylic acids is 1. The number of carboxylic acid groups (broad SMARTS) is 1. The minimum atomic E-state index is -3.91. The molecule has 1 atom stereocenters. The van der Waals surface area contributed by atoms with Gasteiger partial charge in [0.15, 0.2) is 0 Å². The number of aliphatic carboxylic acids is 1. The van der Waals surface area contributed by atoms with Gasteiger partial charge < -0.3 is 10.4 Å². The van der Waals surface area contributed by atoms with Gasteiger partial charge in [0.25, 0.3) is 10.0 Å². The smallest absolute Gasteiger partial charge is 0.303 e. The molecule has 10 heteroatoms. The van der Waals surface area contributed by atoms with E-state index in [9.17, 15) is 23.1 Å². The van der Waals surface area contributed by atoms with Crippen LogP contribution in [-0.2, 0) is 19.6 Å². The molecule has 0 radical (unpaired) electrons. The van der Waals surface area contributed by atoms with Crippen LogP contribution < -0.4 is 10.0 Å². The number of hydrogen-bond acceptors (Lipinski definition) is 6. The van der Waals surface area contributed by atoms with Crippen LogP contribution in [0, 0.1) is 13.8 Å². The molecule has 3 rings (SSSR count). The third-order valence-electron chi connectivity index (χ3n) is 4.78. The Morgan fingerprint density at radius 2 is 1.55 bits per heavy atom. The Morgan fingerprint density at radius 1 is 0.939 bits per heavy atom. The number of nitrogens with zero attached hydrogens (tertiary/aromatic N) is 2. The average Bonchev–Trinajstić information content (AvgIpc) is 2.73. The molecule has 0 saturated heterocycles. The van der Waals surface area contributed by atoms with Crippen molar-refractivity contribution in [1.82, 2.24) is 9.97 Å². The number of aryl methyl sites for hydroxylation is 2. The van der Waals surface area contributed by atoms with Crippen LogP contribution >= 0.6 is 0 Å². The highest BCUT2D eigenvalue weighted by molar-refractivity contribution is 7.92. The monoisotopic (exact) mass is 468 g/mol. The molecule has 2 aromatic carbocycles. The fourth-order valence-electron chi connectivity index (χ4n) is 3.35. The molecular formula is C23H24N4O5S. The van der Waals surface area contributed by atoms with Crippen LogP contribution in [0.2, 0.25) is 0 Å². The molecule has 172 valence electrons. The van der Waals surface area contributed by atoms with E-state index >= 15 is 0 Å². The van der Waals surface area contributed by atoms with E-state index in [0.717, 1.165) is 5.56 Å². The van der Waals surface area contributed by atoms with Crippen LogP contribution in [0.15, 0.2) is 65.6 Å². The lowest BCUT2D eigenvalue weighted by atomic mass is 9.92. The summed E-state index contributed by atoms with van der Waals surface area (Å²) in [5.74, 6) is -1.87. The standard InChI is InChI=1S/C23H24N4O5S/c1-15-12-16(2)25-23(24-15)27-33(31,32)20-10-8-19(9-11-20)26-21(28)13-18(14-22(29)30)17-6-4-3-5-7-17/h3-12,18H,13-14H2,1-2H3,(H,26,28)(H,29,30)(H,24,25,27)/t18-/m1/s1. The largest absolute Gasteiger partial charge is 0.481 e. The zero-order valence-electron chi connectivity index (χ0n) is 18.1. The minimum Gasteiger partial charge on any atom is -0.481 e. The van der Waals surface area contributed by atoms with E-state index in [-0.39, 0.29) is 29.6 Å². The van der Waals surface area contributed by atoms with Gasteiger partial charge in [0, 0.05) is 29.4 Å². The Kier molecular flexibility index (Phi) is 7.39. The maximum absolute atomic E-state index is 12.6. The van der Waals surface area contributed by atoms with Crippen molar-refractivity contribution >= 4 is 33.5 Å². The van der Waals surface area contributed by atoms with E-state index in [4.69, 9.17) is 0 Å². The second-order valence-corrected chi connectivity index (χ2v) is 9.24. The van der Waals surface area contributed by atoms with Gasteiger partial charge >= 0.3 is 5.97 Å². The van der Waals surface area contributed by atoms with Gasteiger partial charge in [-0.1, -0.05) is 30.3 Å². The molecule has 3 aromatic rings. The van der Waals surface area contributed by atoms with Crippen molar-refractivity contribution in [3.05, 3.63) is 77.6 Å². The summed E-state index contributed by atoms with van der Waals surface area (Å²) in [6, 6.07) is 16.3. The second-order valence-electron chi connectivity index (χ2n) is 7.56. The number of carbonyl (C=O) groups excluding carboxylic acids is 1. The molecule has 0 aliphatic rings. The maximum Gasteiger partial charge on any atom is 0.303 e. The fourth-order valence-corrected chi connectivity index (χ4v) is 4.29. The number of anilines is 2. The van der Waals surface area contributed by atoms with E-state index in [1.165, 1.54) is 24.3 Å². The van der Waals surface area contributed by atoms with E-state index in [2.05, 4.69) is 20.0 Å². The van der Waals surface area contributed by atoms with Crippen LogP contribution in [0.3, 0.4) is 0 Å². The Hall–Kier alpha value is -3.79. The molecule has 9 nitrogen and oxygen atoms in total. The summed E-state index contributed by atoms with van der Waals surface area (Å²) in [6.45, 7) is 3.48. The summed E-state index contributed by atoms with van der Waals surface area (Å²) in [4.78, 5) is 31.9. The van der Waals surface area contributed by atoms with Gasteiger partial charge in [-0.2, -0.15) is 0 Å². The Morgan fingerprint density at radius 3 is 2.12 bits per heavy atom. The number of benzene rings is 2. The first-order valence-electron chi connectivity index (χ1n) is 10.1. The van der Waals surface area contributed by atoms with Crippen LogP contribution in [0.5, 0.6) is 0 Å². The highest BCUT2D eigenvalue weighted by atomic mass is 32.2. The number of rotatable bonds is 9. The summed E-state index contributed by atoms with van der Waals surface area (Å²) in [6.07, 6.45) is -0.206. The molecular weight excluding hydrogens is 444 g/mol. The predicted octanol–water partition coefficient (Wildman–Crippen LogP) is 3.48. The molecule has 0 unspecified atom stereocenters. The topological polar surface area (TPSA) is 138 Å². The third-order valence-corrected chi connectivity index (χ3v) is 6.12.